The van der Waals surface area contributed by atoms with Crippen molar-refractivity contribution in [2.45, 2.75) is 32.4 Å². The Morgan fingerprint density at radius 2 is 2.50 bits per heavy atom. The highest BCUT2D eigenvalue weighted by Crippen LogP contribution is 2.32. The fraction of sp³-hybridized carbons (Fsp3) is 0.700. The van der Waals surface area contributed by atoms with Gasteiger partial charge in [0.15, 0.2) is 0 Å². The summed E-state index contributed by atoms with van der Waals surface area (Å²) in [4.78, 5) is 0. The Morgan fingerprint density at radius 1 is 1.71 bits per heavy atom. The predicted octanol–water partition coefficient (Wildman–Crippen LogP) is 1.92. The van der Waals surface area contributed by atoms with Crippen molar-refractivity contribution in [3.05, 3.63) is 17.4 Å². The van der Waals surface area contributed by atoms with Gasteiger partial charge < -0.3 is 5.32 Å². The largest absolute Gasteiger partial charge is 0.312 e. The lowest BCUT2D eigenvalue weighted by molar-refractivity contribution is 0.463. The number of rotatable bonds is 5. The molecule has 0 bridgehead atoms. The second-order valence-corrected chi connectivity index (χ2v) is 4.44. The van der Waals surface area contributed by atoms with Crippen LogP contribution in [0.2, 0.25) is 5.02 Å². The first-order valence-electron chi connectivity index (χ1n) is 5.17. The summed E-state index contributed by atoms with van der Waals surface area (Å²) in [6.07, 6.45) is 6.31. The van der Waals surface area contributed by atoms with Crippen LogP contribution in [0.4, 0.5) is 0 Å². The van der Waals surface area contributed by atoms with Gasteiger partial charge in [-0.25, -0.2) is 0 Å². The SMILES string of the molecule is CC(NCCn1cc(Cl)cn1)C1CC1. The van der Waals surface area contributed by atoms with Gasteiger partial charge in [0.2, 0.25) is 0 Å². The smallest absolute Gasteiger partial charge is 0.0785 e. The third-order valence-corrected chi connectivity index (χ3v) is 2.93. The van der Waals surface area contributed by atoms with Crippen LogP contribution < -0.4 is 5.32 Å². The van der Waals surface area contributed by atoms with E-state index in [0.717, 1.165) is 19.0 Å². The molecule has 1 aromatic rings. The number of nitrogens with zero attached hydrogens (tertiary/aromatic N) is 2. The van der Waals surface area contributed by atoms with Crippen LogP contribution >= 0.6 is 11.6 Å². The Bertz CT molecular complexity index is 293. The van der Waals surface area contributed by atoms with E-state index in [1.807, 2.05) is 10.9 Å². The summed E-state index contributed by atoms with van der Waals surface area (Å²) in [5, 5.41) is 8.32. The first-order valence-corrected chi connectivity index (χ1v) is 5.55. The summed E-state index contributed by atoms with van der Waals surface area (Å²) in [6.45, 7) is 4.12. The molecular weight excluding hydrogens is 198 g/mol. The lowest BCUT2D eigenvalue weighted by Gasteiger charge is -2.12. The number of aromatic nitrogens is 2. The van der Waals surface area contributed by atoms with Gasteiger partial charge in [-0.05, 0) is 25.7 Å². The molecule has 78 valence electrons. The van der Waals surface area contributed by atoms with Crippen molar-refractivity contribution in [3.63, 3.8) is 0 Å². The molecule has 1 heterocycles. The molecule has 0 spiro atoms. The van der Waals surface area contributed by atoms with Crippen molar-refractivity contribution in [2.24, 2.45) is 5.92 Å². The van der Waals surface area contributed by atoms with Crippen molar-refractivity contribution in [1.82, 2.24) is 15.1 Å². The molecule has 1 aromatic heterocycles. The maximum Gasteiger partial charge on any atom is 0.0785 e. The van der Waals surface area contributed by atoms with Gasteiger partial charge in [-0.3, -0.25) is 4.68 Å². The quantitative estimate of drug-likeness (QED) is 0.810. The highest BCUT2D eigenvalue weighted by Gasteiger charge is 2.27. The van der Waals surface area contributed by atoms with Gasteiger partial charge in [0.1, 0.15) is 0 Å². The summed E-state index contributed by atoms with van der Waals surface area (Å²) >= 11 is 5.76. The molecule has 0 saturated heterocycles. The van der Waals surface area contributed by atoms with Crippen molar-refractivity contribution < 1.29 is 0 Å². The van der Waals surface area contributed by atoms with Crippen LogP contribution in [0, 0.1) is 5.92 Å². The average Bonchev–Trinajstić information content (AvgIpc) is 2.92. The van der Waals surface area contributed by atoms with Crippen molar-refractivity contribution in [3.8, 4) is 0 Å². The molecule has 0 radical (unpaired) electrons. The van der Waals surface area contributed by atoms with Crippen molar-refractivity contribution >= 4 is 11.6 Å². The maximum absolute atomic E-state index is 5.76. The zero-order chi connectivity index (χ0) is 9.97. The molecule has 14 heavy (non-hydrogen) atoms. The normalized spacial score (nSPS) is 18.4. The van der Waals surface area contributed by atoms with Crippen LogP contribution in [-0.2, 0) is 6.54 Å². The molecule has 1 atom stereocenters. The van der Waals surface area contributed by atoms with E-state index in [2.05, 4.69) is 17.3 Å². The Hall–Kier alpha value is -0.540. The second kappa shape index (κ2) is 4.32. The number of hydrogen-bond acceptors (Lipinski definition) is 2. The van der Waals surface area contributed by atoms with Crippen LogP contribution in [0.5, 0.6) is 0 Å². The van der Waals surface area contributed by atoms with E-state index in [4.69, 9.17) is 11.6 Å². The third-order valence-electron chi connectivity index (χ3n) is 2.74. The molecule has 1 N–H and O–H groups in total. The fourth-order valence-electron chi connectivity index (χ4n) is 1.63. The number of halogens is 1. The fourth-order valence-corrected chi connectivity index (χ4v) is 1.79. The van der Waals surface area contributed by atoms with Crippen LogP contribution in [0.15, 0.2) is 12.4 Å². The molecule has 2 rings (SSSR count). The number of nitrogens with one attached hydrogen (secondary N) is 1. The molecule has 4 heteroatoms. The lowest BCUT2D eigenvalue weighted by Crippen LogP contribution is -2.31. The Morgan fingerprint density at radius 3 is 3.07 bits per heavy atom. The van der Waals surface area contributed by atoms with Gasteiger partial charge >= 0.3 is 0 Å². The standard InChI is InChI=1S/C10H16ClN3/c1-8(9-2-3-9)12-4-5-14-7-10(11)6-13-14/h6-9,12H,2-5H2,1H3. The van der Waals surface area contributed by atoms with E-state index in [1.54, 1.807) is 6.20 Å². The van der Waals surface area contributed by atoms with Crippen LogP contribution in [0.1, 0.15) is 19.8 Å². The molecule has 1 saturated carbocycles. The molecule has 1 unspecified atom stereocenters. The van der Waals surface area contributed by atoms with E-state index in [1.165, 1.54) is 12.8 Å². The summed E-state index contributed by atoms with van der Waals surface area (Å²) in [5.41, 5.74) is 0. The summed E-state index contributed by atoms with van der Waals surface area (Å²) in [5.74, 6) is 0.913. The van der Waals surface area contributed by atoms with Crippen molar-refractivity contribution in [1.29, 1.82) is 0 Å². The summed E-state index contributed by atoms with van der Waals surface area (Å²) < 4.78 is 1.87. The highest BCUT2D eigenvalue weighted by molar-refractivity contribution is 6.30. The molecule has 3 nitrogen and oxygen atoms in total. The molecule has 1 aliphatic carbocycles. The maximum atomic E-state index is 5.76. The van der Waals surface area contributed by atoms with Gasteiger partial charge in [-0.15, -0.1) is 0 Å². The molecule has 0 amide bonds. The van der Waals surface area contributed by atoms with Gasteiger partial charge in [0.05, 0.1) is 17.8 Å². The lowest BCUT2D eigenvalue weighted by atomic mass is 10.2. The van der Waals surface area contributed by atoms with E-state index >= 15 is 0 Å². The van der Waals surface area contributed by atoms with Gasteiger partial charge in [-0.1, -0.05) is 11.6 Å². The monoisotopic (exact) mass is 213 g/mol. The minimum Gasteiger partial charge on any atom is -0.312 e. The van der Waals surface area contributed by atoms with Gasteiger partial charge in [0.25, 0.3) is 0 Å². The van der Waals surface area contributed by atoms with Gasteiger partial charge in [0, 0.05) is 18.8 Å². The number of hydrogen-bond donors (Lipinski definition) is 1. The van der Waals surface area contributed by atoms with E-state index < -0.39 is 0 Å². The highest BCUT2D eigenvalue weighted by atomic mass is 35.5. The van der Waals surface area contributed by atoms with E-state index in [9.17, 15) is 0 Å². The van der Waals surface area contributed by atoms with Gasteiger partial charge in [-0.2, -0.15) is 5.10 Å². The van der Waals surface area contributed by atoms with Crippen LogP contribution in [0.25, 0.3) is 0 Å². The molecule has 1 fully saturated rings. The first kappa shape index (κ1) is 9.99. The Kier molecular flexibility index (Phi) is 3.08. The van der Waals surface area contributed by atoms with Crippen LogP contribution in [-0.4, -0.2) is 22.4 Å². The molecule has 0 aromatic carbocycles. The zero-order valence-corrected chi connectivity index (χ0v) is 9.17. The summed E-state index contributed by atoms with van der Waals surface area (Å²) in [6, 6.07) is 0.654. The summed E-state index contributed by atoms with van der Waals surface area (Å²) in [7, 11) is 0. The van der Waals surface area contributed by atoms with Crippen LogP contribution in [0.3, 0.4) is 0 Å². The molecule has 0 aliphatic heterocycles. The first-order chi connectivity index (χ1) is 6.75. The minimum absolute atomic E-state index is 0.654. The predicted molar refractivity (Wildman–Crippen MR) is 57.4 cm³/mol. The van der Waals surface area contributed by atoms with Crippen molar-refractivity contribution in [2.75, 3.05) is 6.54 Å². The second-order valence-electron chi connectivity index (χ2n) is 4.00. The van der Waals surface area contributed by atoms with E-state index in [-0.39, 0.29) is 0 Å². The molecule has 1 aliphatic rings. The third kappa shape index (κ3) is 2.72. The Balaban J connectivity index is 1.67. The Labute approximate surface area is 89.4 Å². The minimum atomic E-state index is 0.654. The molecular formula is C10H16ClN3. The average molecular weight is 214 g/mol. The zero-order valence-electron chi connectivity index (χ0n) is 8.41. The van der Waals surface area contributed by atoms with E-state index in [0.29, 0.717) is 11.1 Å². The topological polar surface area (TPSA) is 29.9 Å².